The number of ether oxygens (including phenoxy) is 1. The van der Waals surface area contributed by atoms with E-state index in [1.807, 2.05) is 12.1 Å². The van der Waals surface area contributed by atoms with Gasteiger partial charge in [0.25, 0.3) is 11.9 Å². The third-order valence-electron chi connectivity index (χ3n) is 4.70. The van der Waals surface area contributed by atoms with E-state index in [9.17, 15) is 4.79 Å². The van der Waals surface area contributed by atoms with Crippen LogP contribution in [0.2, 0.25) is 5.02 Å². The van der Waals surface area contributed by atoms with Gasteiger partial charge in [-0.25, -0.2) is 4.31 Å². The number of hydrogen-bond acceptors (Lipinski definition) is 5. The normalized spacial score (nSPS) is 20.0. The van der Waals surface area contributed by atoms with Crippen LogP contribution in [0.25, 0.3) is 0 Å². The van der Waals surface area contributed by atoms with E-state index in [1.165, 1.54) is 6.42 Å². The number of nitrogens with zero attached hydrogens (tertiary/aromatic N) is 2. The Hall–Kier alpha value is -2.35. The zero-order chi connectivity index (χ0) is 21.7. The fraction of sp³-hybridized carbons (Fsp3) is 0.318. The Kier molecular flexibility index (Phi) is 7.53. The maximum absolute atomic E-state index is 12.4. The SMILES string of the molecule is C[C@@H]1C[C@H](C)CN(Sc2ccc(C(=O)N=C(N)OC(=N)c3ccc(Cl)cc3)cc2)C1. The number of nitrogens with one attached hydrogen (secondary N) is 1. The van der Waals surface area contributed by atoms with E-state index < -0.39 is 5.91 Å². The summed E-state index contributed by atoms with van der Waals surface area (Å²) in [7, 11) is 0. The number of piperidine rings is 1. The van der Waals surface area contributed by atoms with E-state index in [1.54, 1.807) is 48.3 Å². The summed E-state index contributed by atoms with van der Waals surface area (Å²) in [6.45, 7) is 6.69. The fourth-order valence-electron chi connectivity index (χ4n) is 3.44. The van der Waals surface area contributed by atoms with Gasteiger partial charge in [-0.2, -0.15) is 4.99 Å². The minimum atomic E-state index is -0.520. The number of amidine groups is 1. The van der Waals surface area contributed by atoms with Crippen molar-refractivity contribution in [3.05, 3.63) is 64.7 Å². The van der Waals surface area contributed by atoms with Crippen molar-refractivity contribution in [2.24, 2.45) is 22.6 Å². The minimum absolute atomic E-state index is 0.211. The Labute approximate surface area is 186 Å². The van der Waals surface area contributed by atoms with E-state index in [4.69, 9.17) is 27.5 Å². The number of benzene rings is 2. The van der Waals surface area contributed by atoms with Crippen LogP contribution in [-0.2, 0) is 4.74 Å². The van der Waals surface area contributed by atoms with Crippen LogP contribution in [0.15, 0.2) is 58.4 Å². The molecule has 1 saturated heterocycles. The quantitative estimate of drug-likeness (QED) is 0.400. The van der Waals surface area contributed by atoms with Gasteiger partial charge in [0, 0.05) is 34.1 Å². The van der Waals surface area contributed by atoms with E-state index >= 15 is 0 Å². The number of carbonyl (C=O) groups excluding carboxylic acids is 1. The van der Waals surface area contributed by atoms with Gasteiger partial charge in [0.2, 0.25) is 5.90 Å². The first-order valence-corrected chi connectivity index (χ1v) is 10.9. The van der Waals surface area contributed by atoms with Gasteiger partial charge in [-0.15, -0.1) is 0 Å². The second kappa shape index (κ2) is 10.1. The van der Waals surface area contributed by atoms with Crippen LogP contribution < -0.4 is 5.73 Å². The molecule has 6 nitrogen and oxygen atoms in total. The van der Waals surface area contributed by atoms with Crippen molar-refractivity contribution >= 4 is 41.4 Å². The zero-order valence-corrected chi connectivity index (χ0v) is 18.5. The van der Waals surface area contributed by atoms with E-state index in [-0.39, 0.29) is 11.9 Å². The molecular formula is C22H25ClN4O2S. The van der Waals surface area contributed by atoms with Gasteiger partial charge < -0.3 is 10.5 Å². The Balaban J connectivity index is 1.58. The molecule has 0 aliphatic carbocycles. The van der Waals surface area contributed by atoms with Gasteiger partial charge in [-0.05, 0) is 78.7 Å². The Morgan fingerprint density at radius 1 is 1.10 bits per heavy atom. The van der Waals surface area contributed by atoms with E-state index in [2.05, 4.69) is 23.1 Å². The molecule has 2 aromatic rings. The summed E-state index contributed by atoms with van der Waals surface area (Å²) in [5, 5.41) is 8.46. The van der Waals surface area contributed by atoms with E-state index in [0.717, 1.165) is 18.0 Å². The highest BCUT2D eigenvalue weighted by atomic mass is 35.5. The van der Waals surface area contributed by atoms with Crippen LogP contribution in [-0.4, -0.2) is 35.2 Å². The van der Waals surface area contributed by atoms with Gasteiger partial charge in [-0.1, -0.05) is 25.4 Å². The highest BCUT2D eigenvalue weighted by Crippen LogP contribution is 2.30. The van der Waals surface area contributed by atoms with E-state index in [0.29, 0.717) is 28.0 Å². The number of halogens is 1. The smallest absolute Gasteiger partial charge is 0.297 e. The van der Waals surface area contributed by atoms with Crippen LogP contribution in [0.3, 0.4) is 0 Å². The Bertz CT molecular complexity index is 921. The molecular weight excluding hydrogens is 420 g/mol. The summed E-state index contributed by atoms with van der Waals surface area (Å²) >= 11 is 7.54. The van der Waals surface area contributed by atoms with Crippen LogP contribution in [0.1, 0.15) is 36.2 Å². The highest BCUT2D eigenvalue weighted by Gasteiger charge is 2.22. The molecule has 1 amide bonds. The maximum atomic E-state index is 12.4. The maximum Gasteiger partial charge on any atom is 0.297 e. The highest BCUT2D eigenvalue weighted by molar-refractivity contribution is 7.97. The zero-order valence-electron chi connectivity index (χ0n) is 17.0. The molecule has 1 heterocycles. The van der Waals surface area contributed by atoms with Crippen molar-refractivity contribution in [3.63, 3.8) is 0 Å². The largest absolute Gasteiger partial charge is 0.407 e. The molecule has 1 aliphatic heterocycles. The summed E-state index contributed by atoms with van der Waals surface area (Å²) in [5.41, 5.74) is 6.58. The number of amides is 1. The third kappa shape index (κ3) is 6.32. The van der Waals surface area contributed by atoms with Crippen molar-refractivity contribution in [3.8, 4) is 0 Å². The lowest BCUT2D eigenvalue weighted by molar-refractivity contribution is 0.100. The Morgan fingerprint density at radius 3 is 2.27 bits per heavy atom. The lowest BCUT2D eigenvalue weighted by atomic mass is 9.94. The van der Waals surface area contributed by atoms with Gasteiger partial charge in [0.05, 0.1) is 0 Å². The molecule has 1 fully saturated rings. The Morgan fingerprint density at radius 2 is 1.67 bits per heavy atom. The van der Waals surface area contributed by atoms with Gasteiger partial charge in [0.15, 0.2) is 0 Å². The topological polar surface area (TPSA) is 91.8 Å². The summed E-state index contributed by atoms with van der Waals surface area (Å²) in [4.78, 5) is 17.2. The average Bonchev–Trinajstić information content (AvgIpc) is 2.68. The van der Waals surface area contributed by atoms with Crippen LogP contribution in [0.4, 0.5) is 0 Å². The molecule has 0 saturated carbocycles. The molecule has 8 heteroatoms. The molecule has 3 rings (SSSR count). The summed E-state index contributed by atoms with van der Waals surface area (Å²) in [6, 6.07) is 13.4. The minimum Gasteiger partial charge on any atom is -0.407 e. The molecule has 0 unspecified atom stereocenters. The number of aliphatic imine (C=N–C) groups is 1. The first-order valence-electron chi connectivity index (χ1n) is 9.74. The molecule has 1 aliphatic rings. The summed E-state index contributed by atoms with van der Waals surface area (Å²) in [5.74, 6) is 0.641. The molecule has 2 aromatic carbocycles. The molecule has 30 heavy (non-hydrogen) atoms. The van der Waals surface area contributed by atoms with Crippen molar-refractivity contribution in [2.45, 2.75) is 25.2 Å². The molecule has 3 N–H and O–H groups in total. The predicted molar refractivity (Wildman–Crippen MR) is 122 cm³/mol. The standard InChI is InChI=1S/C22H25ClN4O2S/c1-14-11-15(2)13-27(12-14)30-19-9-5-17(6-10-19)21(28)26-22(25)29-20(24)16-3-7-18(23)8-4-16/h3-10,14-15,24H,11-13H2,1-2H3,(H2,25,26,28)/t14-,15+. The summed E-state index contributed by atoms with van der Waals surface area (Å²) in [6.07, 6.45) is 1.27. The molecule has 158 valence electrons. The number of rotatable bonds is 4. The summed E-state index contributed by atoms with van der Waals surface area (Å²) < 4.78 is 7.53. The number of carbonyl (C=O) groups is 1. The average molecular weight is 445 g/mol. The number of nitrogens with two attached hydrogens (primary N) is 1. The lowest BCUT2D eigenvalue weighted by Gasteiger charge is -2.33. The van der Waals surface area contributed by atoms with Gasteiger partial charge in [0.1, 0.15) is 0 Å². The molecule has 0 bridgehead atoms. The van der Waals surface area contributed by atoms with Crippen molar-refractivity contribution in [2.75, 3.05) is 13.1 Å². The fourth-order valence-corrected chi connectivity index (χ4v) is 4.78. The third-order valence-corrected chi connectivity index (χ3v) is 5.99. The predicted octanol–water partition coefficient (Wildman–Crippen LogP) is 4.82. The number of hydrogen-bond donors (Lipinski definition) is 2. The van der Waals surface area contributed by atoms with Crippen molar-refractivity contribution in [1.29, 1.82) is 5.41 Å². The molecule has 0 radical (unpaired) electrons. The molecule has 2 atom stereocenters. The first kappa shape index (κ1) is 22.3. The van der Waals surface area contributed by atoms with Crippen LogP contribution >= 0.6 is 23.5 Å². The van der Waals surface area contributed by atoms with Crippen LogP contribution in [0.5, 0.6) is 0 Å². The van der Waals surface area contributed by atoms with Crippen molar-refractivity contribution < 1.29 is 9.53 Å². The second-order valence-electron chi connectivity index (χ2n) is 7.60. The molecule has 0 spiro atoms. The van der Waals surface area contributed by atoms with Crippen LogP contribution in [0, 0.1) is 17.2 Å². The van der Waals surface area contributed by atoms with Crippen molar-refractivity contribution in [1.82, 2.24) is 4.31 Å². The van der Waals surface area contributed by atoms with Gasteiger partial charge in [-0.3, -0.25) is 10.2 Å². The van der Waals surface area contributed by atoms with Gasteiger partial charge >= 0.3 is 0 Å². The molecule has 0 aromatic heterocycles. The lowest BCUT2D eigenvalue weighted by Crippen LogP contribution is -2.33. The first-order chi connectivity index (χ1) is 14.3. The second-order valence-corrected chi connectivity index (χ2v) is 9.21. The monoisotopic (exact) mass is 444 g/mol.